The molecule has 0 aliphatic heterocycles. The summed E-state index contributed by atoms with van der Waals surface area (Å²) < 4.78 is 11.5. The molecular formula is C51H96N2O5. The lowest BCUT2D eigenvalue weighted by Gasteiger charge is -2.22. The number of carbonyl (C=O) groups is 3. The minimum absolute atomic E-state index is 0.0139. The van der Waals surface area contributed by atoms with Crippen LogP contribution in [0.1, 0.15) is 259 Å². The van der Waals surface area contributed by atoms with Crippen LogP contribution < -0.4 is 5.32 Å². The van der Waals surface area contributed by atoms with Crippen LogP contribution in [-0.2, 0) is 23.9 Å². The summed E-state index contributed by atoms with van der Waals surface area (Å²) in [5, 5.41) is 3.13. The van der Waals surface area contributed by atoms with Gasteiger partial charge >= 0.3 is 11.9 Å². The molecule has 0 saturated carbocycles. The van der Waals surface area contributed by atoms with Crippen LogP contribution in [0.2, 0.25) is 0 Å². The van der Waals surface area contributed by atoms with Crippen LogP contribution in [0.3, 0.4) is 0 Å². The maximum Gasteiger partial charge on any atom is 0.306 e. The van der Waals surface area contributed by atoms with Crippen LogP contribution >= 0.6 is 0 Å². The zero-order chi connectivity index (χ0) is 42.4. The molecule has 0 fully saturated rings. The van der Waals surface area contributed by atoms with Gasteiger partial charge in [-0.05, 0) is 96.7 Å². The molecule has 0 aliphatic carbocycles. The highest BCUT2D eigenvalue weighted by atomic mass is 16.5. The minimum atomic E-state index is -0.0752. The lowest BCUT2D eigenvalue weighted by atomic mass is 10.0. The molecule has 0 aromatic rings. The second-order valence-electron chi connectivity index (χ2n) is 17.0. The van der Waals surface area contributed by atoms with Gasteiger partial charge in [0, 0.05) is 38.6 Å². The second kappa shape index (κ2) is 46.0. The van der Waals surface area contributed by atoms with Crippen molar-refractivity contribution in [3.05, 3.63) is 0 Å². The number of rotatable bonds is 44. The molecule has 0 bridgehead atoms. The summed E-state index contributed by atoms with van der Waals surface area (Å²) in [5.74, 6) is 6.48. The lowest BCUT2D eigenvalue weighted by molar-refractivity contribution is -0.150. The summed E-state index contributed by atoms with van der Waals surface area (Å²) in [4.78, 5) is 39.7. The number of nitrogens with one attached hydrogen (secondary N) is 1. The van der Waals surface area contributed by atoms with E-state index in [0.717, 1.165) is 135 Å². The Morgan fingerprint density at radius 1 is 0.466 bits per heavy atom. The fourth-order valence-electron chi connectivity index (χ4n) is 7.43. The van der Waals surface area contributed by atoms with Crippen molar-refractivity contribution in [1.29, 1.82) is 0 Å². The Morgan fingerprint density at radius 2 is 0.897 bits per heavy atom. The third kappa shape index (κ3) is 42.1. The van der Waals surface area contributed by atoms with Crippen LogP contribution in [0.25, 0.3) is 0 Å². The van der Waals surface area contributed by atoms with E-state index in [1.807, 2.05) is 0 Å². The number of ether oxygens (including phenoxy) is 2. The van der Waals surface area contributed by atoms with E-state index in [1.165, 1.54) is 103 Å². The molecule has 1 amide bonds. The van der Waals surface area contributed by atoms with Crippen molar-refractivity contribution >= 4 is 17.8 Å². The number of hydrogen-bond acceptors (Lipinski definition) is 6. The second-order valence-corrected chi connectivity index (χ2v) is 17.0. The molecule has 0 saturated heterocycles. The van der Waals surface area contributed by atoms with E-state index < -0.39 is 0 Å². The van der Waals surface area contributed by atoms with Crippen LogP contribution in [0.4, 0.5) is 0 Å². The summed E-state index contributed by atoms with van der Waals surface area (Å²) >= 11 is 0. The molecule has 0 rings (SSSR count). The topological polar surface area (TPSA) is 84.9 Å². The summed E-state index contributed by atoms with van der Waals surface area (Å²) in [7, 11) is 0. The fourth-order valence-corrected chi connectivity index (χ4v) is 7.43. The third-order valence-electron chi connectivity index (χ3n) is 11.2. The molecule has 0 spiro atoms. The molecule has 0 heterocycles. The van der Waals surface area contributed by atoms with Crippen LogP contribution in [0.15, 0.2) is 0 Å². The van der Waals surface area contributed by atoms with Crippen LogP contribution in [-0.4, -0.2) is 61.6 Å². The van der Waals surface area contributed by atoms with Crippen LogP contribution in [0, 0.1) is 11.8 Å². The molecular weight excluding hydrogens is 721 g/mol. The molecule has 0 unspecified atom stereocenters. The van der Waals surface area contributed by atoms with Crippen molar-refractivity contribution in [3.63, 3.8) is 0 Å². The van der Waals surface area contributed by atoms with Gasteiger partial charge in [-0.3, -0.25) is 14.4 Å². The number of hydrogen-bond donors (Lipinski definition) is 1. The lowest BCUT2D eigenvalue weighted by Crippen LogP contribution is -2.31. The smallest absolute Gasteiger partial charge is 0.306 e. The first-order valence-electron chi connectivity index (χ1n) is 25.3. The molecule has 340 valence electrons. The average molecular weight is 817 g/mol. The Kier molecular flexibility index (Phi) is 44.4. The van der Waals surface area contributed by atoms with Gasteiger partial charge in [-0.2, -0.15) is 0 Å². The molecule has 0 aliphatic rings. The van der Waals surface area contributed by atoms with E-state index >= 15 is 0 Å². The maximum absolute atomic E-state index is 12.8. The maximum atomic E-state index is 12.8. The van der Waals surface area contributed by atoms with E-state index in [9.17, 15) is 14.4 Å². The van der Waals surface area contributed by atoms with Gasteiger partial charge in [0.25, 0.3) is 0 Å². The highest BCUT2D eigenvalue weighted by molar-refractivity contribution is 5.75. The van der Waals surface area contributed by atoms with Crippen molar-refractivity contribution in [3.8, 4) is 11.8 Å². The number of carbonyl (C=O) groups excluding carboxylic acids is 3. The monoisotopic (exact) mass is 817 g/mol. The molecule has 1 N–H and O–H groups in total. The standard InChI is InChI=1S/C51H96N2O5/c1-5-9-13-16-19-28-36-47-57-50(55)41-32-24-20-26-34-44-53(46-37-43-52-49(54)40-29-12-8-4)45-35-27-21-25-33-42-51(56)58-48(38-30-22-17-14-10-6-2)39-31-23-18-15-11-7-3/h48H,5-15,17-18,20-47H2,1-4H3,(H,52,54). The first-order chi connectivity index (χ1) is 28.5. The Balaban J connectivity index is 4.45. The fraction of sp³-hybridized carbons (Fsp3) is 0.902. The minimum Gasteiger partial charge on any atom is -0.466 e. The average Bonchev–Trinajstić information content (AvgIpc) is 3.21. The summed E-state index contributed by atoms with van der Waals surface area (Å²) in [6.45, 7) is 13.3. The van der Waals surface area contributed by atoms with Gasteiger partial charge in [0.05, 0.1) is 6.61 Å². The van der Waals surface area contributed by atoms with Gasteiger partial charge in [-0.15, -0.1) is 11.8 Å². The van der Waals surface area contributed by atoms with Crippen molar-refractivity contribution in [2.24, 2.45) is 0 Å². The van der Waals surface area contributed by atoms with E-state index in [4.69, 9.17) is 9.47 Å². The van der Waals surface area contributed by atoms with E-state index in [2.05, 4.69) is 49.8 Å². The Morgan fingerprint density at radius 3 is 1.47 bits per heavy atom. The third-order valence-corrected chi connectivity index (χ3v) is 11.2. The number of unbranched alkanes of at least 4 members (excludes halogenated alkanes) is 23. The van der Waals surface area contributed by atoms with E-state index in [1.54, 1.807) is 0 Å². The Hall–Kier alpha value is -2.07. The zero-order valence-electron chi connectivity index (χ0n) is 39.1. The quantitative estimate of drug-likeness (QED) is 0.0374. The molecule has 0 radical (unpaired) electrons. The predicted molar refractivity (Wildman–Crippen MR) is 247 cm³/mol. The van der Waals surface area contributed by atoms with Gasteiger partial charge in [0.15, 0.2) is 0 Å². The largest absolute Gasteiger partial charge is 0.466 e. The van der Waals surface area contributed by atoms with Crippen molar-refractivity contribution in [2.45, 2.75) is 265 Å². The number of nitrogens with zero attached hydrogens (tertiary/aromatic N) is 1. The number of esters is 2. The normalized spacial score (nSPS) is 11.2. The van der Waals surface area contributed by atoms with Gasteiger partial charge in [-0.25, -0.2) is 0 Å². The van der Waals surface area contributed by atoms with Crippen molar-refractivity contribution in [1.82, 2.24) is 10.2 Å². The SMILES string of the molecule is CCCCC#CCCCOC(=O)CCCCCCCN(CCCCCCCC(=O)OC(CCCCCCCC)CCCCCCCC)CCCNC(=O)CCCCC. The number of amides is 1. The summed E-state index contributed by atoms with van der Waals surface area (Å²) in [5.41, 5.74) is 0. The van der Waals surface area contributed by atoms with Crippen LogP contribution in [0.5, 0.6) is 0 Å². The van der Waals surface area contributed by atoms with E-state index in [-0.39, 0.29) is 23.9 Å². The molecule has 0 atom stereocenters. The first-order valence-corrected chi connectivity index (χ1v) is 25.3. The zero-order valence-corrected chi connectivity index (χ0v) is 39.1. The van der Waals surface area contributed by atoms with Gasteiger partial charge in [0.2, 0.25) is 5.91 Å². The molecule has 0 aromatic heterocycles. The predicted octanol–water partition coefficient (Wildman–Crippen LogP) is 14.0. The first kappa shape index (κ1) is 55.9. The molecule has 58 heavy (non-hydrogen) atoms. The highest BCUT2D eigenvalue weighted by Gasteiger charge is 2.14. The van der Waals surface area contributed by atoms with E-state index in [0.29, 0.717) is 25.9 Å². The van der Waals surface area contributed by atoms with Gasteiger partial charge in [0.1, 0.15) is 6.10 Å². The molecule has 7 nitrogen and oxygen atoms in total. The summed E-state index contributed by atoms with van der Waals surface area (Å²) in [6.07, 6.45) is 39.3. The van der Waals surface area contributed by atoms with Gasteiger partial charge in [-0.1, -0.05) is 150 Å². The van der Waals surface area contributed by atoms with Gasteiger partial charge < -0.3 is 19.7 Å². The molecule has 0 aromatic carbocycles. The Labute approximate surface area is 360 Å². The summed E-state index contributed by atoms with van der Waals surface area (Å²) in [6, 6.07) is 0. The molecule has 7 heteroatoms. The highest BCUT2D eigenvalue weighted by Crippen LogP contribution is 2.18. The Bertz CT molecular complexity index is 960. The van der Waals surface area contributed by atoms with Crippen molar-refractivity contribution < 1.29 is 23.9 Å². The van der Waals surface area contributed by atoms with Crippen molar-refractivity contribution in [2.75, 3.05) is 32.8 Å².